The number of piperidine rings is 1. The highest BCUT2D eigenvalue weighted by Gasteiger charge is 2.35. The quantitative estimate of drug-likeness (QED) is 0.706. The first kappa shape index (κ1) is 15.2. The normalized spacial score (nSPS) is 19.4. The smallest absolute Gasteiger partial charge is 0.222 e. The second kappa shape index (κ2) is 6.35. The summed E-state index contributed by atoms with van der Waals surface area (Å²) in [6, 6.07) is 0. The Bertz CT molecular complexity index is 308. The Morgan fingerprint density at radius 1 is 1.33 bits per heavy atom. The molecule has 0 aromatic rings. The molecule has 0 saturated carbocycles. The van der Waals surface area contributed by atoms with Gasteiger partial charge in [0.1, 0.15) is 5.78 Å². The third kappa shape index (κ3) is 4.43. The zero-order chi connectivity index (χ0) is 13.8. The Morgan fingerprint density at radius 2 is 2.00 bits per heavy atom. The van der Waals surface area contributed by atoms with E-state index < -0.39 is 0 Å². The van der Waals surface area contributed by atoms with Gasteiger partial charge in [0, 0.05) is 31.3 Å². The van der Waals surface area contributed by atoms with Crippen LogP contribution in [0.2, 0.25) is 0 Å². The summed E-state index contributed by atoms with van der Waals surface area (Å²) in [5, 5.41) is 0. The SMILES string of the molecule is CC(C)CCCCC(=O)N1CCC(=O)C(C)(C)C1. The molecule has 0 N–H and O–H groups in total. The van der Waals surface area contributed by atoms with E-state index in [1.807, 2.05) is 18.7 Å². The number of amides is 1. The van der Waals surface area contributed by atoms with Crippen LogP contribution in [-0.2, 0) is 9.59 Å². The third-order valence-corrected chi connectivity index (χ3v) is 3.72. The van der Waals surface area contributed by atoms with Gasteiger partial charge >= 0.3 is 0 Å². The number of carbonyl (C=O) groups is 2. The van der Waals surface area contributed by atoms with E-state index in [1.165, 1.54) is 6.42 Å². The van der Waals surface area contributed by atoms with E-state index in [1.54, 1.807) is 0 Å². The number of hydrogen-bond acceptors (Lipinski definition) is 2. The highest BCUT2D eigenvalue weighted by atomic mass is 16.2. The van der Waals surface area contributed by atoms with Crippen LogP contribution in [0.25, 0.3) is 0 Å². The van der Waals surface area contributed by atoms with Crippen LogP contribution in [-0.4, -0.2) is 29.7 Å². The summed E-state index contributed by atoms with van der Waals surface area (Å²) >= 11 is 0. The van der Waals surface area contributed by atoms with Crippen molar-refractivity contribution in [2.75, 3.05) is 13.1 Å². The molecule has 0 unspecified atom stereocenters. The molecule has 1 fully saturated rings. The molecule has 0 aromatic heterocycles. The predicted molar refractivity (Wildman–Crippen MR) is 73.3 cm³/mol. The average molecular weight is 253 g/mol. The minimum Gasteiger partial charge on any atom is -0.341 e. The minimum absolute atomic E-state index is 0.222. The molecule has 1 heterocycles. The van der Waals surface area contributed by atoms with Gasteiger partial charge in [-0.2, -0.15) is 0 Å². The van der Waals surface area contributed by atoms with Gasteiger partial charge in [-0.1, -0.05) is 40.5 Å². The number of unbranched alkanes of at least 4 members (excludes halogenated alkanes) is 1. The number of likely N-dealkylation sites (tertiary alicyclic amines) is 1. The first-order valence-corrected chi connectivity index (χ1v) is 7.14. The van der Waals surface area contributed by atoms with E-state index in [-0.39, 0.29) is 17.1 Å². The third-order valence-electron chi connectivity index (χ3n) is 3.72. The zero-order valence-electron chi connectivity index (χ0n) is 12.3. The van der Waals surface area contributed by atoms with Crippen molar-refractivity contribution in [1.82, 2.24) is 4.90 Å². The fraction of sp³-hybridized carbons (Fsp3) is 0.867. The number of rotatable bonds is 5. The average Bonchev–Trinajstić information content (AvgIpc) is 2.27. The fourth-order valence-electron chi connectivity index (χ4n) is 2.42. The molecule has 0 radical (unpaired) electrons. The van der Waals surface area contributed by atoms with Crippen LogP contribution in [0.5, 0.6) is 0 Å². The molecule has 0 spiro atoms. The maximum atomic E-state index is 12.1. The van der Waals surface area contributed by atoms with Gasteiger partial charge in [0.25, 0.3) is 0 Å². The lowest BCUT2D eigenvalue weighted by Gasteiger charge is -2.36. The first-order valence-electron chi connectivity index (χ1n) is 7.14. The van der Waals surface area contributed by atoms with E-state index in [9.17, 15) is 9.59 Å². The van der Waals surface area contributed by atoms with Crippen molar-refractivity contribution in [2.45, 2.75) is 59.8 Å². The van der Waals surface area contributed by atoms with Crippen LogP contribution >= 0.6 is 0 Å². The summed E-state index contributed by atoms with van der Waals surface area (Å²) in [6.07, 6.45) is 4.44. The van der Waals surface area contributed by atoms with Gasteiger partial charge in [-0.15, -0.1) is 0 Å². The predicted octanol–water partition coefficient (Wildman–Crippen LogP) is 3.03. The summed E-state index contributed by atoms with van der Waals surface area (Å²) < 4.78 is 0. The van der Waals surface area contributed by atoms with Gasteiger partial charge in [-0.25, -0.2) is 0 Å². The Labute approximate surface area is 111 Å². The lowest BCUT2D eigenvalue weighted by atomic mass is 9.82. The number of nitrogens with zero attached hydrogens (tertiary/aromatic N) is 1. The van der Waals surface area contributed by atoms with E-state index in [4.69, 9.17) is 0 Å². The van der Waals surface area contributed by atoms with Crippen molar-refractivity contribution in [2.24, 2.45) is 11.3 Å². The maximum absolute atomic E-state index is 12.1. The minimum atomic E-state index is -0.355. The molecule has 1 saturated heterocycles. The topological polar surface area (TPSA) is 37.4 Å². The van der Waals surface area contributed by atoms with Crippen LogP contribution < -0.4 is 0 Å². The van der Waals surface area contributed by atoms with Crippen molar-refractivity contribution in [3.05, 3.63) is 0 Å². The van der Waals surface area contributed by atoms with Gasteiger partial charge in [0.15, 0.2) is 0 Å². The zero-order valence-corrected chi connectivity index (χ0v) is 12.3. The lowest BCUT2D eigenvalue weighted by molar-refractivity contribution is -0.141. The Kier molecular flexibility index (Phi) is 5.36. The lowest BCUT2D eigenvalue weighted by Crippen LogP contribution is -2.48. The van der Waals surface area contributed by atoms with Crippen LogP contribution in [0.4, 0.5) is 0 Å². The second-order valence-electron chi connectivity index (χ2n) is 6.51. The molecule has 1 aliphatic heterocycles. The molecule has 1 aliphatic rings. The van der Waals surface area contributed by atoms with Gasteiger partial charge < -0.3 is 4.90 Å². The number of Topliss-reactive ketones (excluding diaryl/α,β-unsaturated/α-hetero) is 1. The number of carbonyl (C=O) groups excluding carboxylic acids is 2. The Hall–Kier alpha value is -0.860. The first-order chi connectivity index (χ1) is 8.33. The van der Waals surface area contributed by atoms with Gasteiger partial charge in [0.2, 0.25) is 5.91 Å². The van der Waals surface area contributed by atoms with E-state index in [2.05, 4.69) is 13.8 Å². The highest BCUT2D eigenvalue weighted by Crippen LogP contribution is 2.25. The van der Waals surface area contributed by atoms with Gasteiger partial charge in [0.05, 0.1) is 0 Å². The maximum Gasteiger partial charge on any atom is 0.222 e. The molecule has 3 heteroatoms. The highest BCUT2D eigenvalue weighted by molar-refractivity contribution is 5.87. The van der Waals surface area contributed by atoms with Crippen LogP contribution in [0.3, 0.4) is 0 Å². The van der Waals surface area contributed by atoms with Crippen LogP contribution in [0, 0.1) is 11.3 Å². The van der Waals surface area contributed by atoms with E-state index >= 15 is 0 Å². The van der Waals surface area contributed by atoms with Crippen LogP contribution in [0.15, 0.2) is 0 Å². The van der Waals surface area contributed by atoms with E-state index in [0.717, 1.165) is 12.8 Å². The standard InChI is InChI=1S/C15H27NO2/c1-12(2)7-5-6-8-14(18)16-10-9-13(17)15(3,4)11-16/h12H,5-11H2,1-4H3. The van der Waals surface area contributed by atoms with Crippen molar-refractivity contribution >= 4 is 11.7 Å². The Balaban J connectivity index is 2.32. The molecule has 18 heavy (non-hydrogen) atoms. The summed E-state index contributed by atoms with van der Waals surface area (Å²) in [5.41, 5.74) is -0.355. The summed E-state index contributed by atoms with van der Waals surface area (Å²) in [6.45, 7) is 9.50. The molecular formula is C15H27NO2. The molecule has 0 aromatic carbocycles. The summed E-state index contributed by atoms with van der Waals surface area (Å²) in [5.74, 6) is 1.22. The molecule has 104 valence electrons. The van der Waals surface area contributed by atoms with Crippen LogP contribution in [0.1, 0.15) is 59.8 Å². The van der Waals surface area contributed by atoms with Crippen molar-refractivity contribution in [3.8, 4) is 0 Å². The van der Waals surface area contributed by atoms with Gasteiger partial charge in [-0.05, 0) is 12.3 Å². The van der Waals surface area contributed by atoms with Crippen molar-refractivity contribution < 1.29 is 9.59 Å². The molecule has 0 bridgehead atoms. The number of ketones is 1. The van der Waals surface area contributed by atoms with Crippen molar-refractivity contribution in [3.63, 3.8) is 0 Å². The number of hydrogen-bond donors (Lipinski definition) is 0. The molecular weight excluding hydrogens is 226 g/mol. The molecule has 3 nitrogen and oxygen atoms in total. The monoisotopic (exact) mass is 253 g/mol. The summed E-state index contributed by atoms with van der Waals surface area (Å²) in [4.78, 5) is 25.6. The molecule has 1 amide bonds. The largest absolute Gasteiger partial charge is 0.341 e. The van der Waals surface area contributed by atoms with Crippen molar-refractivity contribution in [1.29, 1.82) is 0 Å². The summed E-state index contributed by atoms with van der Waals surface area (Å²) in [7, 11) is 0. The second-order valence-corrected chi connectivity index (χ2v) is 6.51. The van der Waals surface area contributed by atoms with E-state index in [0.29, 0.717) is 31.8 Å². The molecule has 0 atom stereocenters. The van der Waals surface area contributed by atoms with Gasteiger partial charge in [-0.3, -0.25) is 9.59 Å². The fourth-order valence-corrected chi connectivity index (χ4v) is 2.42. The molecule has 1 rings (SSSR count). The Morgan fingerprint density at radius 3 is 2.56 bits per heavy atom. The molecule has 0 aliphatic carbocycles.